The highest BCUT2D eigenvalue weighted by Gasteiger charge is 2.43. The van der Waals surface area contributed by atoms with E-state index in [4.69, 9.17) is 0 Å². The van der Waals surface area contributed by atoms with Gasteiger partial charge in [-0.15, -0.1) is 113 Å². The minimum atomic E-state index is -0.156. The molecule has 4 amide bonds. The monoisotopic (exact) mass is 1510 g/mol. The Hall–Kier alpha value is -5.76. The summed E-state index contributed by atoms with van der Waals surface area (Å²) < 4.78 is 6.99. The zero-order valence-corrected chi connectivity index (χ0v) is 66.3. The lowest BCUT2D eigenvalue weighted by Gasteiger charge is -2.13. The second kappa shape index (κ2) is 30.9. The largest absolute Gasteiger partial charge is 0.274 e. The first-order chi connectivity index (χ1) is 49.0. The number of hydrogen-bond donors (Lipinski definition) is 0. The van der Waals surface area contributed by atoms with Gasteiger partial charge < -0.3 is 0 Å². The first-order valence-electron chi connectivity index (χ1n) is 36.8. The number of rotatable bonds is 33. The molecule has 0 fully saturated rings. The van der Waals surface area contributed by atoms with E-state index in [0.29, 0.717) is 45.8 Å². The SMILES string of the molecule is CCCCCCCCN1C(=O)c2sc3c(-c4cc5c(-c6ccc(CC(CC)CCCC)s6)c6sc(-c7sc(-c8cc9sc(-c%10ccccc%10)cc9s8)c8sc9c(c78)C(=O)N(CCCCCCCC)C9=O)cc6c(-c6ccc(CC(CC)CCCC)s6)c5s4)sc(-c4ccccc4)c3c2C1=O. The number of fused-ring (bicyclic) bond motifs is 9. The maximum absolute atomic E-state index is 15.3. The third-order valence-electron chi connectivity index (χ3n) is 20.7. The van der Waals surface area contributed by atoms with Crippen molar-refractivity contribution in [3.63, 3.8) is 0 Å². The molecule has 100 heavy (non-hydrogen) atoms. The van der Waals surface area contributed by atoms with Crippen LogP contribution in [0.25, 0.3) is 121 Å². The number of amides is 4. The van der Waals surface area contributed by atoms with Crippen LogP contribution in [0, 0.1) is 11.8 Å². The summed E-state index contributed by atoms with van der Waals surface area (Å²) >= 11 is 17.9. The van der Waals surface area contributed by atoms with Crippen LogP contribution in [0.15, 0.2) is 109 Å². The normalized spacial score (nSPS) is 14.0. The molecule has 0 spiro atoms. The summed E-state index contributed by atoms with van der Waals surface area (Å²) in [4.78, 5) is 78.3. The molecule has 13 aromatic rings. The summed E-state index contributed by atoms with van der Waals surface area (Å²) in [5.41, 5.74) is 5.90. The first-order valence-corrected chi connectivity index (χ1v) is 44.9. The fourth-order valence-electron chi connectivity index (χ4n) is 15.1. The lowest BCUT2D eigenvalue weighted by atomic mass is 9.95. The van der Waals surface area contributed by atoms with Gasteiger partial charge in [-0.1, -0.05) is 218 Å². The van der Waals surface area contributed by atoms with Crippen molar-refractivity contribution in [2.24, 2.45) is 11.8 Å². The summed E-state index contributed by atoms with van der Waals surface area (Å²) in [6.07, 6.45) is 24.6. The summed E-state index contributed by atoms with van der Waals surface area (Å²) in [5, 5.41) is 4.26. The molecule has 6 nitrogen and oxygen atoms in total. The number of hydrogen-bond acceptors (Lipinski definition) is 14. The molecular weight excluding hydrogens is 1420 g/mol. The summed E-state index contributed by atoms with van der Waals surface area (Å²) in [7, 11) is 0. The van der Waals surface area contributed by atoms with Gasteiger partial charge in [-0.3, -0.25) is 29.0 Å². The number of nitrogens with zero attached hydrogens (tertiary/aromatic N) is 2. The molecule has 10 aromatic heterocycles. The average molecular weight is 1510 g/mol. The summed E-state index contributed by atoms with van der Waals surface area (Å²) in [6.45, 7) is 14.7. The Labute approximate surface area is 628 Å². The van der Waals surface area contributed by atoms with Crippen molar-refractivity contribution in [3.05, 3.63) is 140 Å². The number of benzene rings is 3. The van der Waals surface area contributed by atoms with Gasteiger partial charge in [0.1, 0.15) is 9.75 Å². The van der Waals surface area contributed by atoms with Crippen LogP contribution in [0.4, 0.5) is 0 Å². The van der Waals surface area contributed by atoms with E-state index in [1.807, 2.05) is 68.0 Å². The molecular formula is C84H86N2O4S10. The van der Waals surface area contributed by atoms with Gasteiger partial charge in [0.2, 0.25) is 0 Å². The molecule has 0 bridgehead atoms. The number of carbonyl (C=O) groups is 4. The van der Waals surface area contributed by atoms with Crippen LogP contribution in [-0.4, -0.2) is 46.5 Å². The van der Waals surface area contributed by atoms with Crippen LogP contribution >= 0.6 is 113 Å². The number of carbonyl (C=O) groups excluding carboxylic acids is 4. The molecule has 2 unspecified atom stereocenters. The fourth-order valence-corrected chi connectivity index (χ4v) is 28.4. The molecule has 516 valence electrons. The predicted octanol–water partition coefficient (Wildman–Crippen LogP) is 29.2. The van der Waals surface area contributed by atoms with Crippen LogP contribution in [0.2, 0.25) is 0 Å². The van der Waals surface area contributed by atoms with Gasteiger partial charge in [0.05, 0.1) is 35.2 Å². The molecule has 0 aliphatic carbocycles. The van der Waals surface area contributed by atoms with Crippen molar-refractivity contribution < 1.29 is 19.2 Å². The average Bonchev–Trinajstić information content (AvgIpc) is 1.54. The molecule has 2 aliphatic heterocycles. The zero-order chi connectivity index (χ0) is 68.7. The highest BCUT2D eigenvalue weighted by Crippen LogP contribution is 2.61. The molecule has 0 saturated carbocycles. The Bertz CT molecular complexity index is 5000. The van der Waals surface area contributed by atoms with Crippen molar-refractivity contribution in [1.29, 1.82) is 0 Å². The van der Waals surface area contributed by atoms with Crippen molar-refractivity contribution in [2.75, 3.05) is 13.1 Å². The van der Waals surface area contributed by atoms with E-state index in [2.05, 4.69) is 151 Å². The second-order valence-corrected chi connectivity index (χ2v) is 38.2. The fraction of sp³-hybridized carbons (Fsp3) is 0.381. The number of thiophene rings is 10. The molecule has 2 atom stereocenters. The second-order valence-electron chi connectivity index (χ2n) is 27.5. The summed E-state index contributed by atoms with van der Waals surface area (Å²) in [6, 6.07) is 40.4. The topological polar surface area (TPSA) is 74.8 Å². The lowest BCUT2D eigenvalue weighted by molar-refractivity contribution is 0.0638. The van der Waals surface area contributed by atoms with E-state index in [9.17, 15) is 14.4 Å². The third-order valence-corrected chi connectivity index (χ3v) is 33.2. The van der Waals surface area contributed by atoms with Gasteiger partial charge in [0.25, 0.3) is 23.6 Å². The minimum absolute atomic E-state index is 0.148. The number of unbranched alkanes of at least 4 members (excludes halogenated alkanes) is 12. The van der Waals surface area contributed by atoms with Crippen LogP contribution in [-0.2, 0) is 12.8 Å². The quantitative estimate of drug-likeness (QED) is 0.0303. The molecule has 2 aliphatic rings. The maximum Gasteiger partial charge on any atom is 0.271 e. The van der Waals surface area contributed by atoms with E-state index in [-0.39, 0.29) is 23.6 Å². The van der Waals surface area contributed by atoms with Gasteiger partial charge in [0.15, 0.2) is 0 Å². The van der Waals surface area contributed by atoms with Crippen molar-refractivity contribution in [2.45, 2.75) is 183 Å². The third kappa shape index (κ3) is 13.3. The lowest BCUT2D eigenvalue weighted by Crippen LogP contribution is -2.30. The first kappa shape index (κ1) is 69.9. The van der Waals surface area contributed by atoms with Crippen LogP contribution in [0.3, 0.4) is 0 Å². The molecule has 0 N–H and O–H groups in total. The van der Waals surface area contributed by atoms with Crippen molar-refractivity contribution in [1.82, 2.24) is 9.80 Å². The Morgan fingerprint density at radius 2 is 0.740 bits per heavy atom. The van der Waals surface area contributed by atoms with E-state index in [0.717, 1.165) is 119 Å². The molecule has 0 saturated heterocycles. The standard InChI is InChI=1S/C84H86N2O4S10/c1-7-13-17-19-21-29-41-85-81(87)69-67-71(52-35-27-24-28-36-52)97-75(77(67)99-79(69)83(85)89)63-46-56-66(58-40-38-54(92-58)44-50(12-6)32-16-10-4)72-55(65(73(56)96-63)57-39-37-53(91-57)43-49(11-5)31-15-9-3)45-62(95-72)74-68-70-80(84(90)86(82(70)88)42-30-22-20-18-14-8-2)100-78(68)76(98-74)64-48-61-60(94-64)47-59(93-61)51-33-25-23-26-34-51/h23-28,33-40,45-50H,7-22,29-32,41-44H2,1-6H3. The Morgan fingerprint density at radius 1 is 0.320 bits per heavy atom. The van der Waals surface area contributed by atoms with Crippen LogP contribution in [0.5, 0.6) is 0 Å². The van der Waals surface area contributed by atoms with Gasteiger partial charge in [-0.25, -0.2) is 0 Å². The van der Waals surface area contributed by atoms with E-state index in [1.54, 1.807) is 27.6 Å². The van der Waals surface area contributed by atoms with Gasteiger partial charge in [-0.05, 0) is 97.2 Å². The van der Waals surface area contributed by atoms with Gasteiger partial charge >= 0.3 is 0 Å². The van der Waals surface area contributed by atoms with Crippen molar-refractivity contribution >= 4 is 187 Å². The van der Waals surface area contributed by atoms with E-state index >= 15 is 4.79 Å². The Morgan fingerprint density at radius 3 is 1.23 bits per heavy atom. The van der Waals surface area contributed by atoms with Crippen molar-refractivity contribution in [3.8, 4) is 71.0 Å². The Kier molecular flexibility index (Phi) is 21.6. The molecule has 0 radical (unpaired) electrons. The number of imide groups is 2. The molecule has 3 aromatic carbocycles. The van der Waals surface area contributed by atoms with Crippen LogP contribution in [0.1, 0.15) is 220 Å². The van der Waals surface area contributed by atoms with Crippen LogP contribution < -0.4 is 0 Å². The molecule has 12 heterocycles. The van der Waals surface area contributed by atoms with E-state index < -0.39 is 0 Å². The maximum atomic E-state index is 15.3. The summed E-state index contributed by atoms with van der Waals surface area (Å²) in [5.74, 6) is 0.604. The van der Waals surface area contributed by atoms with E-state index in [1.165, 1.54) is 180 Å². The Balaban J connectivity index is 0.942. The van der Waals surface area contributed by atoms with Gasteiger partial charge in [0, 0.05) is 108 Å². The smallest absolute Gasteiger partial charge is 0.271 e. The highest BCUT2D eigenvalue weighted by molar-refractivity contribution is 7.37. The zero-order valence-electron chi connectivity index (χ0n) is 58.1. The highest BCUT2D eigenvalue weighted by atomic mass is 32.1. The molecule has 15 rings (SSSR count). The molecule has 16 heteroatoms. The van der Waals surface area contributed by atoms with Gasteiger partial charge in [-0.2, -0.15) is 0 Å². The minimum Gasteiger partial charge on any atom is -0.274 e. The predicted molar refractivity (Wildman–Crippen MR) is 442 cm³/mol.